The van der Waals surface area contributed by atoms with Crippen LogP contribution in [0.15, 0.2) is 23.3 Å². The zero-order valence-corrected chi connectivity index (χ0v) is 11.6. The van der Waals surface area contributed by atoms with E-state index in [9.17, 15) is 0 Å². The minimum absolute atomic E-state index is 0.0115. The normalized spacial score (nSPS) is 12.2. The summed E-state index contributed by atoms with van der Waals surface area (Å²) in [7, 11) is 0. The average Bonchev–Trinajstić information content (AvgIpc) is 2.68. The van der Waals surface area contributed by atoms with Crippen LogP contribution < -0.4 is 17.2 Å². The summed E-state index contributed by atoms with van der Waals surface area (Å²) in [4.78, 5) is 13.4. The second-order valence-corrected chi connectivity index (χ2v) is 5.23. The molecule has 0 spiro atoms. The van der Waals surface area contributed by atoms with E-state index in [0.717, 1.165) is 21.8 Å². The number of rotatable bonds is 3. The van der Waals surface area contributed by atoms with Crippen LogP contribution in [0.2, 0.25) is 0 Å². The summed E-state index contributed by atoms with van der Waals surface area (Å²) in [6, 6.07) is 3.57. The van der Waals surface area contributed by atoms with Crippen molar-refractivity contribution in [3.05, 3.63) is 40.2 Å². The molecule has 2 heterocycles. The van der Waals surface area contributed by atoms with Crippen molar-refractivity contribution in [3.8, 4) is 0 Å². The van der Waals surface area contributed by atoms with Gasteiger partial charge in [0.2, 0.25) is 5.13 Å². The molecule has 1 unspecified atom stereocenters. The summed E-state index contributed by atoms with van der Waals surface area (Å²) in [6.45, 7) is 3.88. The van der Waals surface area contributed by atoms with Crippen molar-refractivity contribution in [2.24, 2.45) is 22.2 Å². The van der Waals surface area contributed by atoms with Crippen LogP contribution in [0.3, 0.4) is 0 Å². The molecule has 0 fully saturated rings. The first kappa shape index (κ1) is 13.4. The molecule has 2 aromatic rings. The maximum atomic E-state index is 6.23. The smallest absolute Gasteiger partial charge is 0.212 e. The lowest BCUT2D eigenvalue weighted by molar-refractivity contribution is 0.832. The monoisotopic (exact) mass is 276 g/mol. The van der Waals surface area contributed by atoms with Crippen molar-refractivity contribution in [2.75, 3.05) is 0 Å². The van der Waals surface area contributed by atoms with Crippen molar-refractivity contribution in [1.29, 1.82) is 0 Å². The molecule has 0 saturated carbocycles. The van der Waals surface area contributed by atoms with Gasteiger partial charge in [0, 0.05) is 6.20 Å². The maximum absolute atomic E-state index is 6.23. The molecule has 0 radical (unpaired) electrons. The Labute approximate surface area is 115 Å². The van der Waals surface area contributed by atoms with Gasteiger partial charge in [0.05, 0.1) is 22.3 Å². The molecule has 100 valence electrons. The molecule has 0 amide bonds. The third-order valence-corrected chi connectivity index (χ3v) is 3.72. The molecule has 7 heteroatoms. The third-order valence-electron chi connectivity index (χ3n) is 2.58. The van der Waals surface area contributed by atoms with Gasteiger partial charge in [-0.05, 0) is 31.5 Å². The van der Waals surface area contributed by atoms with E-state index >= 15 is 0 Å². The highest BCUT2D eigenvalue weighted by atomic mass is 32.1. The van der Waals surface area contributed by atoms with Gasteiger partial charge < -0.3 is 17.2 Å². The van der Waals surface area contributed by atoms with Gasteiger partial charge in [0.15, 0.2) is 5.96 Å². The first-order chi connectivity index (χ1) is 8.97. The van der Waals surface area contributed by atoms with Crippen LogP contribution in [-0.4, -0.2) is 15.9 Å². The Balaban J connectivity index is 2.36. The van der Waals surface area contributed by atoms with Crippen molar-refractivity contribution in [2.45, 2.75) is 19.9 Å². The fourth-order valence-electron chi connectivity index (χ4n) is 1.70. The highest BCUT2D eigenvalue weighted by molar-refractivity contribution is 7.15. The second kappa shape index (κ2) is 5.33. The maximum Gasteiger partial charge on any atom is 0.212 e. The number of nitrogens with zero attached hydrogens (tertiary/aromatic N) is 3. The summed E-state index contributed by atoms with van der Waals surface area (Å²) in [5.74, 6) is -0.0115. The lowest BCUT2D eigenvalue weighted by Gasteiger charge is -2.09. The van der Waals surface area contributed by atoms with E-state index in [2.05, 4.69) is 15.0 Å². The van der Waals surface area contributed by atoms with Crippen molar-refractivity contribution >= 4 is 22.4 Å². The minimum Gasteiger partial charge on any atom is -0.370 e. The topological polar surface area (TPSA) is 116 Å². The van der Waals surface area contributed by atoms with Crippen LogP contribution >= 0.6 is 11.3 Å². The zero-order chi connectivity index (χ0) is 14.0. The van der Waals surface area contributed by atoms with Gasteiger partial charge in [0.1, 0.15) is 0 Å². The van der Waals surface area contributed by atoms with Gasteiger partial charge in [-0.3, -0.25) is 4.98 Å². The number of hydrogen-bond acceptors (Lipinski definition) is 5. The molecule has 0 aliphatic heterocycles. The fraction of sp³-hybridized carbons (Fsp3) is 0.250. The third kappa shape index (κ3) is 3.07. The summed E-state index contributed by atoms with van der Waals surface area (Å²) in [5.41, 5.74) is 19.7. The molecule has 2 aromatic heterocycles. The molecule has 0 aromatic carbocycles. The van der Waals surface area contributed by atoms with E-state index in [1.165, 1.54) is 11.3 Å². The quantitative estimate of drug-likeness (QED) is 0.573. The van der Waals surface area contributed by atoms with Crippen molar-refractivity contribution in [1.82, 2.24) is 9.97 Å². The van der Waals surface area contributed by atoms with Gasteiger partial charge in [-0.2, -0.15) is 4.99 Å². The first-order valence-corrected chi connectivity index (χ1v) is 6.54. The summed E-state index contributed by atoms with van der Waals surface area (Å²) < 4.78 is 0. The zero-order valence-electron chi connectivity index (χ0n) is 10.8. The van der Waals surface area contributed by atoms with Crippen molar-refractivity contribution < 1.29 is 0 Å². The molecular formula is C12H16N6S. The van der Waals surface area contributed by atoms with Crippen LogP contribution in [0.4, 0.5) is 5.13 Å². The summed E-state index contributed by atoms with van der Waals surface area (Å²) >= 11 is 1.37. The molecule has 1 atom stereocenters. The Hall–Kier alpha value is -1.99. The summed E-state index contributed by atoms with van der Waals surface area (Å²) in [6.07, 6.45) is 1.75. The molecular weight excluding hydrogens is 260 g/mol. The Bertz CT molecular complexity index is 614. The average molecular weight is 276 g/mol. The van der Waals surface area contributed by atoms with Crippen LogP contribution in [0.1, 0.15) is 27.9 Å². The molecule has 0 bridgehead atoms. The minimum atomic E-state index is -0.319. The number of guanidine groups is 1. The number of aliphatic imine (C=N–C) groups is 1. The predicted molar refractivity (Wildman–Crippen MR) is 77.3 cm³/mol. The van der Waals surface area contributed by atoms with E-state index in [-0.39, 0.29) is 12.0 Å². The number of thiazole rings is 1. The predicted octanol–water partition coefficient (Wildman–Crippen LogP) is 1.11. The first-order valence-electron chi connectivity index (χ1n) is 5.72. The largest absolute Gasteiger partial charge is 0.370 e. The van der Waals surface area contributed by atoms with Crippen LogP contribution in [0.25, 0.3) is 0 Å². The number of aryl methyl sites for hydroxylation is 2. The Morgan fingerprint density at radius 2 is 2.11 bits per heavy atom. The Kier molecular flexibility index (Phi) is 3.77. The highest BCUT2D eigenvalue weighted by Crippen LogP contribution is 2.31. The van der Waals surface area contributed by atoms with Crippen LogP contribution in [0.5, 0.6) is 0 Å². The van der Waals surface area contributed by atoms with Gasteiger partial charge in [-0.15, -0.1) is 0 Å². The van der Waals surface area contributed by atoms with Gasteiger partial charge in [-0.1, -0.05) is 11.3 Å². The second-order valence-electron chi connectivity index (χ2n) is 4.22. The number of hydrogen-bond donors (Lipinski definition) is 3. The molecule has 19 heavy (non-hydrogen) atoms. The lowest BCUT2D eigenvalue weighted by Crippen LogP contribution is -2.21. The molecule has 0 saturated heterocycles. The van der Waals surface area contributed by atoms with E-state index in [1.54, 1.807) is 6.20 Å². The molecule has 6 N–H and O–H groups in total. The molecule has 0 aliphatic rings. The van der Waals surface area contributed by atoms with Gasteiger partial charge in [-0.25, -0.2) is 4.98 Å². The number of aromatic nitrogens is 2. The van der Waals surface area contributed by atoms with E-state index < -0.39 is 0 Å². The lowest BCUT2D eigenvalue weighted by atomic mass is 10.1. The standard InChI is InChI=1S/C12H16N6S/c1-6-3-4-16-8(5-6)9(13)10-7(2)17-12(19-10)18-11(14)15/h3-5,9H,13H2,1-2H3,(H4,14,15,17,18). The van der Waals surface area contributed by atoms with Crippen molar-refractivity contribution in [3.63, 3.8) is 0 Å². The van der Waals surface area contributed by atoms with E-state index in [0.29, 0.717) is 5.13 Å². The Morgan fingerprint density at radius 1 is 1.37 bits per heavy atom. The fourth-order valence-corrected chi connectivity index (χ4v) is 2.68. The van der Waals surface area contributed by atoms with Crippen LogP contribution in [-0.2, 0) is 0 Å². The van der Waals surface area contributed by atoms with Gasteiger partial charge in [0.25, 0.3) is 0 Å². The van der Waals surface area contributed by atoms with E-state index in [4.69, 9.17) is 17.2 Å². The van der Waals surface area contributed by atoms with Crippen LogP contribution in [0, 0.1) is 13.8 Å². The SMILES string of the molecule is Cc1ccnc(C(N)c2sc(N=C(N)N)nc2C)c1. The number of pyridine rings is 1. The van der Waals surface area contributed by atoms with Gasteiger partial charge >= 0.3 is 0 Å². The number of nitrogens with two attached hydrogens (primary N) is 3. The molecule has 0 aliphatic carbocycles. The Morgan fingerprint density at radius 3 is 2.74 bits per heavy atom. The summed E-state index contributed by atoms with van der Waals surface area (Å²) in [5, 5.41) is 0.510. The highest BCUT2D eigenvalue weighted by Gasteiger charge is 2.17. The molecule has 6 nitrogen and oxygen atoms in total. The molecule has 2 rings (SSSR count). The van der Waals surface area contributed by atoms with E-state index in [1.807, 2.05) is 26.0 Å².